The van der Waals surface area contributed by atoms with Gasteiger partial charge in [-0.1, -0.05) is 15.9 Å². The van der Waals surface area contributed by atoms with E-state index >= 15 is 0 Å². The highest BCUT2D eigenvalue weighted by atomic mass is 79.9. The smallest absolute Gasteiger partial charge is 0.253 e. The number of hydrogen-bond acceptors (Lipinski definition) is 3. The molecule has 2 N–H and O–H groups in total. The Morgan fingerprint density at radius 1 is 1.24 bits per heavy atom. The van der Waals surface area contributed by atoms with Crippen molar-refractivity contribution in [3.63, 3.8) is 0 Å². The van der Waals surface area contributed by atoms with Gasteiger partial charge in [0.1, 0.15) is 0 Å². The Kier molecular flexibility index (Phi) is 6.29. The summed E-state index contributed by atoms with van der Waals surface area (Å²) in [6.07, 6.45) is 2.05. The molecular formula is C22H26BrN3O3. The molecule has 0 saturated carbocycles. The van der Waals surface area contributed by atoms with Gasteiger partial charge in [0.2, 0.25) is 0 Å². The fourth-order valence-corrected chi connectivity index (χ4v) is 4.23. The van der Waals surface area contributed by atoms with Crippen molar-refractivity contribution >= 4 is 32.7 Å². The monoisotopic (exact) mass is 459 g/mol. The number of aromatic amines is 1. The van der Waals surface area contributed by atoms with Crippen molar-refractivity contribution in [3.05, 3.63) is 67.2 Å². The van der Waals surface area contributed by atoms with Gasteiger partial charge in [0.05, 0.1) is 23.7 Å². The number of aromatic nitrogens is 2. The maximum Gasteiger partial charge on any atom is 0.253 e. The second-order valence-corrected chi connectivity index (χ2v) is 8.41. The van der Waals surface area contributed by atoms with Crippen LogP contribution in [-0.2, 0) is 11.3 Å². The molecule has 1 atom stereocenters. The quantitative estimate of drug-likeness (QED) is 0.580. The predicted octanol–water partition coefficient (Wildman–Crippen LogP) is 4.15. The molecule has 2 aromatic heterocycles. The number of nitrogens with one attached hydrogen (secondary N) is 2. The molecule has 1 amide bonds. The minimum absolute atomic E-state index is 0.134. The summed E-state index contributed by atoms with van der Waals surface area (Å²) in [6, 6.07) is 5.87. The molecule has 1 aromatic carbocycles. The number of pyridine rings is 1. The van der Waals surface area contributed by atoms with E-state index in [1.807, 2.05) is 45.2 Å². The Morgan fingerprint density at radius 2 is 1.97 bits per heavy atom. The third kappa shape index (κ3) is 4.31. The number of aryl methyl sites for hydroxylation is 3. The van der Waals surface area contributed by atoms with Crippen LogP contribution in [0.15, 0.2) is 33.7 Å². The third-order valence-electron chi connectivity index (χ3n) is 5.13. The number of benzene rings is 1. The lowest BCUT2D eigenvalue weighted by Crippen LogP contribution is -2.28. The SMILES string of the molecule is COC[C@@H](C)n1cc(C)c2c(C(=O)NCc3c(C)cc(C)[nH]c3=O)cc(Br)cc21. The number of ether oxygens (including phenoxy) is 1. The first-order valence-electron chi connectivity index (χ1n) is 9.50. The van der Waals surface area contributed by atoms with Crippen molar-refractivity contribution in [2.24, 2.45) is 0 Å². The number of carbonyl (C=O) groups is 1. The van der Waals surface area contributed by atoms with Gasteiger partial charge >= 0.3 is 0 Å². The highest BCUT2D eigenvalue weighted by molar-refractivity contribution is 9.10. The number of H-pyrrole nitrogens is 1. The van der Waals surface area contributed by atoms with Gasteiger partial charge in [-0.25, -0.2) is 0 Å². The molecule has 0 bridgehead atoms. The van der Waals surface area contributed by atoms with E-state index in [4.69, 9.17) is 4.74 Å². The lowest BCUT2D eigenvalue weighted by atomic mass is 10.1. The van der Waals surface area contributed by atoms with Crippen LogP contribution in [0.3, 0.4) is 0 Å². The molecule has 7 heteroatoms. The summed E-state index contributed by atoms with van der Waals surface area (Å²) in [4.78, 5) is 28.1. The maximum atomic E-state index is 13.1. The zero-order valence-electron chi connectivity index (χ0n) is 17.4. The van der Waals surface area contributed by atoms with Gasteiger partial charge in [0.15, 0.2) is 0 Å². The molecule has 0 aliphatic carbocycles. The number of fused-ring (bicyclic) bond motifs is 1. The van der Waals surface area contributed by atoms with Crippen LogP contribution < -0.4 is 10.9 Å². The first-order chi connectivity index (χ1) is 13.7. The topological polar surface area (TPSA) is 76.1 Å². The molecule has 2 heterocycles. The van der Waals surface area contributed by atoms with Gasteiger partial charge in [-0.3, -0.25) is 9.59 Å². The molecule has 3 aromatic rings. The van der Waals surface area contributed by atoms with Gasteiger partial charge in [-0.15, -0.1) is 0 Å². The van der Waals surface area contributed by atoms with Crippen molar-refractivity contribution in [2.75, 3.05) is 13.7 Å². The van der Waals surface area contributed by atoms with E-state index in [0.717, 1.165) is 32.2 Å². The van der Waals surface area contributed by atoms with Crippen molar-refractivity contribution in [2.45, 2.75) is 40.3 Å². The van der Waals surface area contributed by atoms with Crippen LogP contribution in [0, 0.1) is 20.8 Å². The van der Waals surface area contributed by atoms with Crippen LogP contribution in [-0.4, -0.2) is 29.2 Å². The van der Waals surface area contributed by atoms with E-state index < -0.39 is 0 Å². The molecule has 0 aliphatic heterocycles. The number of nitrogens with zero attached hydrogens (tertiary/aromatic N) is 1. The summed E-state index contributed by atoms with van der Waals surface area (Å²) in [6.45, 7) is 8.55. The van der Waals surface area contributed by atoms with Crippen LogP contribution in [0.1, 0.15) is 45.7 Å². The molecule has 6 nitrogen and oxygen atoms in total. The standard InChI is InChI=1S/C22H26BrN3O3/c1-12-6-14(3)25-22(28)18(12)9-24-21(27)17-7-16(23)8-19-20(17)13(2)10-26(19)15(4)11-29-5/h6-8,10,15H,9,11H2,1-5H3,(H,24,27)(H,25,28)/t15-/m1/s1. The van der Waals surface area contributed by atoms with Crippen LogP contribution in [0.25, 0.3) is 10.9 Å². The van der Waals surface area contributed by atoms with Crippen LogP contribution >= 0.6 is 15.9 Å². The van der Waals surface area contributed by atoms with E-state index in [9.17, 15) is 9.59 Å². The lowest BCUT2D eigenvalue weighted by molar-refractivity contribution is 0.0952. The van der Waals surface area contributed by atoms with E-state index in [1.54, 1.807) is 7.11 Å². The fourth-order valence-electron chi connectivity index (χ4n) is 3.78. The second-order valence-electron chi connectivity index (χ2n) is 7.50. The Morgan fingerprint density at radius 3 is 2.62 bits per heavy atom. The Labute approximate surface area is 178 Å². The van der Waals surface area contributed by atoms with Crippen molar-refractivity contribution < 1.29 is 9.53 Å². The van der Waals surface area contributed by atoms with E-state index in [1.165, 1.54) is 0 Å². The Balaban J connectivity index is 1.97. The highest BCUT2D eigenvalue weighted by Crippen LogP contribution is 2.31. The summed E-state index contributed by atoms with van der Waals surface area (Å²) >= 11 is 3.53. The Bertz CT molecular complexity index is 1130. The molecule has 0 aliphatic rings. The van der Waals surface area contributed by atoms with Gasteiger partial charge in [0.25, 0.3) is 11.5 Å². The normalized spacial score (nSPS) is 12.3. The van der Waals surface area contributed by atoms with E-state index in [0.29, 0.717) is 17.7 Å². The largest absolute Gasteiger partial charge is 0.383 e. The predicted molar refractivity (Wildman–Crippen MR) is 119 cm³/mol. The van der Waals surface area contributed by atoms with Crippen molar-refractivity contribution in [3.8, 4) is 0 Å². The summed E-state index contributed by atoms with van der Waals surface area (Å²) in [5.74, 6) is -0.212. The number of halogens is 1. The third-order valence-corrected chi connectivity index (χ3v) is 5.59. The van der Waals surface area contributed by atoms with E-state index in [2.05, 4.69) is 37.7 Å². The fraction of sp³-hybridized carbons (Fsp3) is 0.364. The Hall–Kier alpha value is -2.38. The molecule has 154 valence electrons. The van der Waals surface area contributed by atoms with Crippen molar-refractivity contribution in [1.82, 2.24) is 14.9 Å². The van der Waals surface area contributed by atoms with Gasteiger partial charge in [-0.05, 0) is 57.0 Å². The molecule has 29 heavy (non-hydrogen) atoms. The molecule has 0 fully saturated rings. The van der Waals surface area contributed by atoms with Crippen molar-refractivity contribution in [1.29, 1.82) is 0 Å². The van der Waals surface area contributed by atoms with Gasteiger partial charge in [-0.2, -0.15) is 0 Å². The molecule has 0 unspecified atom stereocenters. The van der Waals surface area contributed by atoms with Crippen LogP contribution in [0.5, 0.6) is 0 Å². The number of methoxy groups -OCH3 is 1. The minimum atomic E-state index is -0.212. The summed E-state index contributed by atoms with van der Waals surface area (Å²) in [5, 5.41) is 3.82. The first kappa shape index (κ1) is 21.3. The molecule has 0 radical (unpaired) electrons. The first-order valence-corrected chi connectivity index (χ1v) is 10.3. The number of hydrogen-bond donors (Lipinski definition) is 2. The summed E-state index contributed by atoms with van der Waals surface area (Å²) < 4.78 is 8.25. The average molecular weight is 460 g/mol. The second kappa shape index (κ2) is 8.55. The number of carbonyl (C=O) groups excluding carboxylic acids is 1. The molecule has 0 saturated heterocycles. The van der Waals surface area contributed by atoms with Crippen LogP contribution in [0.4, 0.5) is 0 Å². The highest BCUT2D eigenvalue weighted by Gasteiger charge is 2.19. The maximum absolute atomic E-state index is 13.1. The molecule has 3 rings (SSSR count). The molecular weight excluding hydrogens is 434 g/mol. The van der Waals surface area contributed by atoms with Crippen LogP contribution in [0.2, 0.25) is 0 Å². The zero-order valence-corrected chi connectivity index (χ0v) is 18.9. The minimum Gasteiger partial charge on any atom is -0.383 e. The number of amides is 1. The van der Waals surface area contributed by atoms with Gasteiger partial charge < -0.3 is 19.6 Å². The lowest BCUT2D eigenvalue weighted by Gasteiger charge is -2.15. The van der Waals surface area contributed by atoms with Gasteiger partial charge in [0, 0.05) is 41.0 Å². The number of rotatable bonds is 6. The summed E-state index contributed by atoms with van der Waals surface area (Å²) in [5.41, 5.74) is 4.63. The summed E-state index contributed by atoms with van der Waals surface area (Å²) in [7, 11) is 1.68. The molecule has 0 spiro atoms. The average Bonchev–Trinajstić information content (AvgIpc) is 2.96. The van der Waals surface area contributed by atoms with E-state index in [-0.39, 0.29) is 24.1 Å². The zero-order chi connectivity index (χ0) is 21.3.